The van der Waals surface area contributed by atoms with Crippen LogP contribution in [0.15, 0.2) is 24.3 Å². The van der Waals surface area contributed by atoms with E-state index in [1.807, 2.05) is 44.7 Å². The predicted molar refractivity (Wildman–Crippen MR) is 108 cm³/mol. The summed E-state index contributed by atoms with van der Waals surface area (Å²) in [5.74, 6) is -0.0366. The summed E-state index contributed by atoms with van der Waals surface area (Å²) >= 11 is 0. The predicted octanol–water partition coefficient (Wildman–Crippen LogP) is 2.66. The molecule has 0 radical (unpaired) electrons. The van der Waals surface area contributed by atoms with Crippen molar-refractivity contribution < 1.29 is 23.8 Å². The molecule has 160 valence electrons. The lowest BCUT2D eigenvalue weighted by molar-refractivity contribution is -0.157. The molecular formula is C22H32N2O5. The molecule has 2 heterocycles. The van der Waals surface area contributed by atoms with Crippen LogP contribution in [0.5, 0.6) is 0 Å². The number of carbonyl (C=O) groups is 2. The maximum Gasteiger partial charge on any atom is 0.407 e. The van der Waals surface area contributed by atoms with E-state index in [9.17, 15) is 9.59 Å². The van der Waals surface area contributed by atoms with Crippen LogP contribution < -0.4 is 5.32 Å². The van der Waals surface area contributed by atoms with E-state index in [1.54, 1.807) is 0 Å². The number of rotatable bonds is 4. The number of fused-ring (bicyclic) bond motifs is 1. The summed E-state index contributed by atoms with van der Waals surface area (Å²) in [4.78, 5) is 27.2. The second kappa shape index (κ2) is 9.13. The Kier molecular flexibility index (Phi) is 6.80. The molecule has 1 N–H and O–H groups in total. The van der Waals surface area contributed by atoms with Gasteiger partial charge in [-0.2, -0.15) is 0 Å². The fourth-order valence-electron chi connectivity index (χ4n) is 3.83. The van der Waals surface area contributed by atoms with Crippen LogP contribution in [-0.2, 0) is 32.0 Å². The zero-order valence-electron chi connectivity index (χ0n) is 17.8. The molecule has 0 bridgehead atoms. The summed E-state index contributed by atoms with van der Waals surface area (Å²) in [7, 11) is 0. The highest BCUT2D eigenvalue weighted by Gasteiger charge is 2.39. The summed E-state index contributed by atoms with van der Waals surface area (Å²) < 4.78 is 17.0. The van der Waals surface area contributed by atoms with E-state index in [1.165, 1.54) is 11.1 Å². The van der Waals surface area contributed by atoms with Crippen LogP contribution in [0.4, 0.5) is 4.79 Å². The molecule has 0 spiro atoms. The van der Waals surface area contributed by atoms with Crippen molar-refractivity contribution in [1.82, 2.24) is 10.2 Å². The van der Waals surface area contributed by atoms with E-state index >= 15 is 0 Å². The van der Waals surface area contributed by atoms with Crippen molar-refractivity contribution in [2.24, 2.45) is 0 Å². The highest BCUT2D eigenvalue weighted by molar-refractivity contribution is 5.81. The van der Waals surface area contributed by atoms with Gasteiger partial charge >= 0.3 is 6.09 Å². The number of nitrogens with zero attached hydrogens (tertiary/aromatic N) is 1. The Hall–Kier alpha value is -2.12. The highest BCUT2D eigenvalue weighted by atomic mass is 16.6. The summed E-state index contributed by atoms with van der Waals surface area (Å²) in [6.07, 6.45) is -0.209. The van der Waals surface area contributed by atoms with Crippen molar-refractivity contribution in [1.29, 1.82) is 0 Å². The van der Waals surface area contributed by atoms with Gasteiger partial charge in [-0.05, 0) is 45.2 Å². The number of hydrogen-bond donors (Lipinski definition) is 1. The van der Waals surface area contributed by atoms with E-state index in [0.29, 0.717) is 26.1 Å². The van der Waals surface area contributed by atoms with Crippen molar-refractivity contribution in [3.8, 4) is 0 Å². The average Bonchev–Trinajstić information content (AvgIpc) is 2.67. The zero-order valence-corrected chi connectivity index (χ0v) is 17.8. The van der Waals surface area contributed by atoms with Gasteiger partial charge in [-0.15, -0.1) is 0 Å². The van der Waals surface area contributed by atoms with Gasteiger partial charge in [-0.25, -0.2) is 4.79 Å². The number of alkyl carbamates (subject to hydrolysis) is 1. The van der Waals surface area contributed by atoms with Crippen LogP contribution in [0.1, 0.15) is 45.2 Å². The Bertz CT molecular complexity index is 730. The molecule has 0 saturated carbocycles. The summed E-state index contributed by atoms with van der Waals surface area (Å²) in [6, 6.07) is 7.86. The lowest BCUT2D eigenvalue weighted by Crippen LogP contribution is -2.56. The minimum atomic E-state index is -0.600. The van der Waals surface area contributed by atoms with Gasteiger partial charge in [0.05, 0.1) is 12.6 Å². The molecule has 29 heavy (non-hydrogen) atoms. The topological polar surface area (TPSA) is 77.1 Å². The summed E-state index contributed by atoms with van der Waals surface area (Å²) in [5, 5.41) is 2.88. The maximum absolute atomic E-state index is 13.1. The van der Waals surface area contributed by atoms with E-state index in [2.05, 4.69) is 17.4 Å². The second-order valence-corrected chi connectivity index (χ2v) is 8.58. The molecule has 0 aliphatic carbocycles. The van der Waals surface area contributed by atoms with Gasteiger partial charge in [0.15, 0.2) is 0 Å². The minimum Gasteiger partial charge on any atom is -0.444 e. The lowest BCUT2D eigenvalue weighted by Gasteiger charge is -2.38. The van der Waals surface area contributed by atoms with Crippen LogP contribution in [0.3, 0.4) is 0 Å². The van der Waals surface area contributed by atoms with Crippen LogP contribution >= 0.6 is 0 Å². The Morgan fingerprint density at radius 2 is 1.97 bits per heavy atom. The molecule has 7 nitrogen and oxygen atoms in total. The Labute approximate surface area is 172 Å². The third-order valence-corrected chi connectivity index (χ3v) is 5.18. The molecule has 1 saturated heterocycles. The largest absolute Gasteiger partial charge is 0.444 e. The third-order valence-electron chi connectivity index (χ3n) is 5.18. The van der Waals surface area contributed by atoms with Gasteiger partial charge < -0.3 is 24.4 Å². The molecule has 3 rings (SSSR count). The van der Waals surface area contributed by atoms with Crippen molar-refractivity contribution in [3.63, 3.8) is 0 Å². The normalized spacial score (nSPS) is 24.6. The lowest BCUT2D eigenvalue weighted by atomic mass is 9.97. The van der Waals surface area contributed by atoms with Crippen LogP contribution in [0.2, 0.25) is 0 Å². The van der Waals surface area contributed by atoms with Gasteiger partial charge in [0.2, 0.25) is 0 Å². The Morgan fingerprint density at radius 1 is 1.24 bits per heavy atom. The standard InChI is InChI=1S/C22H32N2O5/c1-5-27-19-14-28-18(12-17(19)23-21(26)29-22(2,3)4)20(25)24-11-10-15-8-6-7-9-16(15)13-24/h6-9,17-19H,5,10-14H2,1-4H3,(H,23,26)/t17-,18+,19+/m0/s1. The molecule has 2 amide bonds. The van der Waals surface area contributed by atoms with Gasteiger partial charge in [-0.3, -0.25) is 4.79 Å². The van der Waals surface area contributed by atoms with Crippen LogP contribution in [0.25, 0.3) is 0 Å². The average molecular weight is 405 g/mol. The van der Waals surface area contributed by atoms with Gasteiger partial charge in [0, 0.05) is 26.1 Å². The number of nitrogens with one attached hydrogen (secondary N) is 1. The summed E-state index contributed by atoms with van der Waals surface area (Å²) in [5.41, 5.74) is 1.88. The molecule has 0 unspecified atom stereocenters. The molecule has 0 aromatic heterocycles. The van der Waals surface area contributed by atoms with Crippen molar-refractivity contribution in [2.45, 2.75) is 70.9 Å². The quantitative estimate of drug-likeness (QED) is 0.835. The van der Waals surface area contributed by atoms with Crippen molar-refractivity contribution >= 4 is 12.0 Å². The van der Waals surface area contributed by atoms with E-state index in [-0.39, 0.29) is 24.7 Å². The third kappa shape index (κ3) is 5.70. The number of carbonyl (C=O) groups excluding carboxylic acids is 2. The van der Waals surface area contributed by atoms with Gasteiger partial charge in [-0.1, -0.05) is 24.3 Å². The molecule has 2 aliphatic heterocycles. The van der Waals surface area contributed by atoms with Crippen molar-refractivity contribution in [3.05, 3.63) is 35.4 Å². The molecule has 1 fully saturated rings. The first kappa shape index (κ1) is 21.6. The van der Waals surface area contributed by atoms with Gasteiger partial charge in [0.1, 0.15) is 17.8 Å². The molecule has 7 heteroatoms. The fourth-order valence-corrected chi connectivity index (χ4v) is 3.83. The van der Waals surface area contributed by atoms with Gasteiger partial charge in [0.25, 0.3) is 5.91 Å². The molecular weight excluding hydrogens is 372 g/mol. The van der Waals surface area contributed by atoms with Crippen LogP contribution in [-0.4, -0.2) is 60.5 Å². The minimum absolute atomic E-state index is 0.0366. The zero-order chi connectivity index (χ0) is 21.0. The number of hydrogen-bond acceptors (Lipinski definition) is 5. The second-order valence-electron chi connectivity index (χ2n) is 8.58. The first-order valence-corrected chi connectivity index (χ1v) is 10.3. The Balaban J connectivity index is 1.64. The molecule has 2 aliphatic rings. The molecule has 3 atom stereocenters. The number of ether oxygens (including phenoxy) is 3. The SMILES string of the molecule is CCO[C@@H]1CO[C@@H](C(=O)N2CCc3ccccc3C2)C[C@@H]1NC(=O)OC(C)(C)C. The van der Waals surface area contributed by atoms with E-state index in [4.69, 9.17) is 14.2 Å². The first-order valence-electron chi connectivity index (χ1n) is 10.3. The first-order chi connectivity index (χ1) is 13.8. The molecule has 1 aromatic carbocycles. The Morgan fingerprint density at radius 3 is 2.66 bits per heavy atom. The number of benzene rings is 1. The highest BCUT2D eigenvalue weighted by Crippen LogP contribution is 2.24. The monoisotopic (exact) mass is 404 g/mol. The smallest absolute Gasteiger partial charge is 0.407 e. The summed E-state index contributed by atoms with van der Waals surface area (Å²) in [6.45, 7) is 9.37. The maximum atomic E-state index is 13.1. The van der Waals surface area contributed by atoms with Crippen molar-refractivity contribution in [2.75, 3.05) is 19.8 Å². The number of amides is 2. The molecule has 1 aromatic rings. The van der Waals surface area contributed by atoms with E-state index < -0.39 is 17.8 Å². The van der Waals surface area contributed by atoms with E-state index in [0.717, 1.165) is 6.42 Å². The fraction of sp³-hybridized carbons (Fsp3) is 0.636. The van der Waals surface area contributed by atoms with Crippen LogP contribution in [0, 0.1) is 0 Å².